The number of anilines is 1. The number of urea groups is 1. The summed E-state index contributed by atoms with van der Waals surface area (Å²) in [6.07, 6.45) is 1.61. The van der Waals surface area contributed by atoms with Gasteiger partial charge in [-0.05, 0) is 42.8 Å². The summed E-state index contributed by atoms with van der Waals surface area (Å²) in [4.78, 5) is 25.8. The summed E-state index contributed by atoms with van der Waals surface area (Å²) in [5.41, 5.74) is 1.46. The van der Waals surface area contributed by atoms with Crippen LogP contribution >= 0.6 is 0 Å². The van der Waals surface area contributed by atoms with Crippen LogP contribution in [0.5, 0.6) is 11.5 Å². The van der Waals surface area contributed by atoms with Crippen molar-refractivity contribution in [3.8, 4) is 11.5 Å². The molecule has 25 heavy (non-hydrogen) atoms. The van der Waals surface area contributed by atoms with Crippen LogP contribution in [0.2, 0.25) is 0 Å². The minimum Gasteiger partial charge on any atom is -0.493 e. The van der Waals surface area contributed by atoms with Crippen LogP contribution in [-0.4, -0.2) is 25.7 Å². The van der Waals surface area contributed by atoms with Gasteiger partial charge >= 0.3 is 6.03 Å². The molecule has 1 fully saturated rings. The quantitative estimate of drug-likeness (QED) is 0.671. The van der Waals surface area contributed by atoms with Crippen LogP contribution in [0.3, 0.4) is 0 Å². The van der Waals surface area contributed by atoms with Crippen molar-refractivity contribution in [2.75, 3.05) is 18.6 Å². The molecule has 0 aliphatic carbocycles. The fraction of sp³-hybridized carbons (Fsp3) is 0.158. The number of hydrogen-bond donors (Lipinski definition) is 1. The highest BCUT2D eigenvalue weighted by Gasteiger charge is 2.34. The molecule has 0 atom stereocenters. The zero-order chi connectivity index (χ0) is 17.8. The van der Waals surface area contributed by atoms with E-state index in [9.17, 15) is 9.59 Å². The predicted octanol–water partition coefficient (Wildman–Crippen LogP) is 3.19. The molecular formula is C19H18N2O4. The Labute approximate surface area is 145 Å². The van der Waals surface area contributed by atoms with Crippen molar-refractivity contribution < 1.29 is 19.1 Å². The molecule has 0 bridgehead atoms. The second kappa shape index (κ2) is 7.09. The number of rotatable bonds is 5. The maximum atomic E-state index is 12.6. The molecule has 3 rings (SSSR count). The third-order valence-corrected chi connectivity index (χ3v) is 3.69. The van der Waals surface area contributed by atoms with Gasteiger partial charge in [0.1, 0.15) is 5.70 Å². The Morgan fingerprint density at radius 2 is 1.84 bits per heavy atom. The van der Waals surface area contributed by atoms with E-state index in [4.69, 9.17) is 9.47 Å². The Morgan fingerprint density at radius 1 is 1.08 bits per heavy atom. The summed E-state index contributed by atoms with van der Waals surface area (Å²) in [5, 5.41) is 2.60. The number of hydrogen-bond acceptors (Lipinski definition) is 4. The minimum absolute atomic E-state index is 0.208. The third kappa shape index (κ3) is 3.33. The first-order valence-corrected chi connectivity index (χ1v) is 7.87. The summed E-state index contributed by atoms with van der Waals surface area (Å²) >= 11 is 0. The standard InChI is InChI=1S/C19H18N2O4/c1-3-25-16-10-9-13(12-17(16)24-2)11-15-18(22)21(19(23)20-15)14-7-5-4-6-8-14/h4-12H,3H2,1-2H3,(H,20,23). The van der Waals surface area contributed by atoms with Crippen molar-refractivity contribution in [1.29, 1.82) is 0 Å². The lowest BCUT2D eigenvalue weighted by atomic mass is 10.1. The Bertz CT molecular complexity index is 831. The fourth-order valence-corrected chi connectivity index (χ4v) is 2.56. The highest BCUT2D eigenvalue weighted by Crippen LogP contribution is 2.29. The number of imide groups is 1. The molecule has 0 spiro atoms. The van der Waals surface area contributed by atoms with Gasteiger partial charge < -0.3 is 14.8 Å². The number of para-hydroxylation sites is 1. The number of carbonyl (C=O) groups is 2. The summed E-state index contributed by atoms with van der Waals surface area (Å²) in [6.45, 7) is 2.41. The molecule has 6 heteroatoms. The van der Waals surface area contributed by atoms with Gasteiger partial charge in [-0.2, -0.15) is 0 Å². The molecule has 0 saturated carbocycles. The van der Waals surface area contributed by atoms with Gasteiger partial charge in [0.05, 0.1) is 19.4 Å². The van der Waals surface area contributed by atoms with E-state index in [-0.39, 0.29) is 5.70 Å². The summed E-state index contributed by atoms with van der Waals surface area (Å²) in [5.74, 6) is 0.789. The maximum absolute atomic E-state index is 12.6. The van der Waals surface area contributed by atoms with Crippen molar-refractivity contribution >= 4 is 23.7 Å². The maximum Gasteiger partial charge on any atom is 0.333 e. The van der Waals surface area contributed by atoms with Crippen LogP contribution in [0, 0.1) is 0 Å². The van der Waals surface area contributed by atoms with Gasteiger partial charge in [0, 0.05) is 0 Å². The largest absolute Gasteiger partial charge is 0.493 e. The Morgan fingerprint density at radius 3 is 2.52 bits per heavy atom. The molecule has 128 valence electrons. The molecule has 1 N–H and O–H groups in total. The van der Waals surface area contributed by atoms with Crippen molar-refractivity contribution in [3.05, 3.63) is 59.8 Å². The number of methoxy groups -OCH3 is 1. The van der Waals surface area contributed by atoms with Crippen LogP contribution in [0.15, 0.2) is 54.2 Å². The smallest absolute Gasteiger partial charge is 0.333 e. The van der Waals surface area contributed by atoms with Gasteiger partial charge in [-0.3, -0.25) is 4.79 Å². The topological polar surface area (TPSA) is 67.9 Å². The highest BCUT2D eigenvalue weighted by atomic mass is 16.5. The van der Waals surface area contributed by atoms with E-state index in [1.807, 2.05) is 13.0 Å². The minimum atomic E-state index is -0.472. The zero-order valence-corrected chi connectivity index (χ0v) is 14.0. The summed E-state index contributed by atoms with van der Waals surface area (Å²) in [6, 6.07) is 13.6. The number of benzene rings is 2. The fourth-order valence-electron chi connectivity index (χ4n) is 2.56. The lowest BCUT2D eigenvalue weighted by Crippen LogP contribution is -2.30. The van der Waals surface area contributed by atoms with Gasteiger partial charge in [0.15, 0.2) is 11.5 Å². The van der Waals surface area contributed by atoms with Crippen LogP contribution in [-0.2, 0) is 4.79 Å². The molecule has 3 amide bonds. The predicted molar refractivity (Wildman–Crippen MR) is 94.6 cm³/mol. The SMILES string of the molecule is CCOc1ccc(C=C2NC(=O)N(c3ccccc3)C2=O)cc1OC. The van der Waals surface area contributed by atoms with Gasteiger partial charge in [-0.1, -0.05) is 24.3 Å². The monoisotopic (exact) mass is 338 g/mol. The van der Waals surface area contributed by atoms with E-state index < -0.39 is 11.9 Å². The van der Waals surface area contributed by atoms with Gasteiger partial charge in [0.2, 0.25) is 0 Å². The third-order valence-electron chi connectivity index (χ3n) is 3.69. The molecule has 2 aromatic rings. The molecule has 1 heterocycles. The van der Waals surface area contributed by atoms with Crippen molar-refractivity contribution in [3.63, 3.8) is 0 Å². The molecule has 0 aromatic heterocycles. The second-order valence-electron chi connectivity index (χ2n) is 5.31. The molecule has 1 aliphatic rings. The Kier molecular flexibility index (Phi) is 4.70. The highest BCUT2D eigenvalue weighted by molar-refractivity contribution is 6.28. The molecule has 0 radical (unpaired) electrons. The molecule has 2 aromatic carbocycles. The van der Waals surface area contributed by atoms with Crippen molar-refractivity contribution in [2.45, 2.75) is 6.92 Å². The van der Waals surface area contributed by atoms with Crippen LogP contribution in [0.25, 0.3) is 6.08 Å². The first-order chi connectivity index (χ1) is 12.1. The van der Waals surface area contributed by atoms with Crippen LogP contribution < -0.4 is 19.7 Å². The Hall–Kier alpha value is -3.28. The normalized spacial score (nSPS) is 15.4. The van der Waals surface area contributed by atoms with Crippen LogP contribution in [0.1, 0.15) is 12.5 Å². The van der Waals surface area contributed by atoms with E-state index in [1.165, 1.54) is 0 Å². The first-order valence-electron chi connectivity index (χ1n) is 7.87. The zero-order valence-electron chi connectivity index (χ0n) is 14.0. The van der Waals surface area contributed by atoms with Gasteiger partial charge in [-0.15, -0.1) is 0 Å². The van der Waals surface area contributed by atoms with E-state index in [0.717, 1.165) is 10.5 Å². The summed E-state index contributed by atoms with van der Waals surface area (Å²) in [7, 11) is 1.55. The number of carbonyl (C=O) groups excluding carboxylic acids is 2. The van der Waals surface area contributed by atoms with Crippen LogP contribution in [0.4, 0.5) is 10.5 Å². The molecule has 0 unspecified atom stereocenters. The number of amides is 3. The van der Waals surface area contributed by atoms with E-state index >= 15 is 0 Å². The number of nitrogens with zero attached hydrogens (tertiary/aromatic N) is 1. The van der Waals surface area contributed by atoms with Crippen molar-refractivity contribution in [2.24, 2.45) is 0 Å². The molecular weight excluding hydrogens is 320 g/mol. The molecule has 1 aliphatic heterocycles. The number of ether oxygens (including phenoxy) is 2. The van der Waals surface area contributed by atoms with E-state index in [0.29, 0.717) is 23.8 Å². The first kappa shape index (κ1) is 16.6. The van der Waals surface area contributed by atoms with E-state index in [1.54, 1.807) is 55.7 Å². The lowest BCUT2D eigenvalue weighted by molar-refractivity contribution is -0.113. The van der Waals surface area contributed by atoms with Gasteiger partial charge in [-0.25, -0.2) is 9.69 Å². The van der Waals surface area contributed by atoms with Crippen molar-refractivity contribution in [1.82, 2.24) is 5.32 Å². The number of nitrogens with one attached hydrogen (secondary N) is 1. The van der Waals surface area contributed by atoms with E-state index in [2.05, 4.69) is 5.32 Å². The lowest BCUT2D eigenvalue weighted by Gasteiger charge is -2.11. The second-order valence-corrected chi connectivity index (χ2v) is 5.31. The Balaban J connectivity index is 1.90. The molecule has 1 saturated heterocycles. The summed E-state index contributed by atoms with van der Waals surface area (Å²) < 4.78 is 10.8. The van der Waals surface area contributed by atoms with Gasteiger partial charge in [0.25, 0.3) is 5.91 Å². The average Bonchev–Trinajstić information content (AvgIpc) is 2.90. The average molecular weight is 338 g/mol. The molecule has 6 nitrogen and oxygen atoms in total.